The van der Waals surface area contributed by atoms with E-state index in [4.69, 9.17) is 4.74 Å². The minimum absolute atomic E-state index is 0.210. The molecule has 0 aliphatic heterocycles. The number of nitrogens with zero attached hydrogens (tertiary/aromatic N) is 2. The highest BCUT2D eigenvalue weighted by Gasteiger charge is 2.11. The van der Waals surface area contributed by atoms with Gasteiger partial charge < -0.3 is 10.1 Å². The summed E-state index contributed by atoms with van der Waals surface area (Å²) < 4.78 is 18.6. The van der Waals surface area contributed by atoms with Crippen LogP contribution in [0, 0.1) is 19.7 Å². The molecule has 0 aliphatic rings. The van der Waals surface area contributed by atoms with Crippen molar-refractivity contribution in [1.29, 1.82) is 0 Å². The van der Waals surface area contributed by atoms with Crippen molar-refractivity contribution in [2.45, 2.75) is 13.8 Å². The van der Waals surface area contributed by atoms with Gasteiger partial charge in [0.25, 0.3) is 0 Å². The van der Waals surface area contributed by atoms with Gasteiger partial charge in [-0.2, -0.15) is 0 Å². The Bertz CT molecular complexity index is 614. The van der Waals surface area contributed by atoms with E-state index in [0.29, 0.717) is 11.4 Å². The second-order valence-electron chi connectivity index (χ2n) is 4.21. The molecule has 1 N–H and O–H groups in total. The Morgan fingerprint density at radius 2 is 1.95 bits per heavy atom. The SMILES string of the molecule is CNc1nc(-c2ccc(OC)c(F)c2)nc(C)c1C. The van der Waals surface area contributed by atoms with E-state index in [-0.39, 0.29) is 5.75 Å². The predicted molar refractivity (Wildman–Crippen MR) is 73.0 cm³/mol. The van der Waals surface area contributed by atoms with Crippen LogP contribution >= 0.6 is 0 Å². The molecule has 1 heterocycles. The van der Waals surface area contributed by atoms with E-state index >= 15 is 0 Å². The Morgan fingerprint density at radius 1 is 1.21 bits per heavy atom. The molecule has 0 fully saturated rings. The minimum atomic E-state index is -0.423. The second kappa shape index (κ2) is 5.22. The molecular formula is C14H16FN3O. The first-order valence-electron chi connectivity index (χ1n) is 5.93. The van der Waals surface area contributed by atoms with Crippen LogP contribution in [0.5, 0.6) is 5.75 Å². The Morgan fingerprint density at radius 3 is 2.53 bits per heavy atom. The molecule has 1 aromatic heterocycles. The molecule has 2 aromatic rings. The summed E-state index contributed by atoms with van der Waals surface area (Å²) >= 11 is 0. The van der Waals surface area contributed by atoms with E-state index in [1.807, 2.05) is 13.8 Å². The number of halogens is 1. The van der Waals surface area contributed by atoms with Gasteiger partial charge in [0.05, 0.1) is 7.11 Å². The van der Waals surface area contributed by atoms with Crippen LogP contribution in [-0.4, -0.2) is 24.1 Å². The third-order valence-electron chi connectivity index (χ3n) is 3.04. The second-order valence-corrected chi connectivity index (χ2v) is 4.21. The first-order valence-corrected chi connectivity index (χ1v) is 5.93. The Kier molecular flexibility index (Phi) is 3.64. The molecule has 0 saturated carbocycles. The van der Waals surface area contributed by atoms with Crippen molar-refractivity contribution in [3.8, 4) is 17.1 Å². The number of benzene rings is 1. The van der Waals surface area contributed by atoms with Crippen LogP contribution in [-0.2, 0) is 0 Å². The number of hydrogen-bond donors (Lipinski definition) is 1. The highest BCUT2D eigenvalue weighted by Crippen LogP contribution is 2.25. The van der Waals surface area contributed by atoms with Crippen molar-refractivity contribution in [3.63, 3.8) is 0 Å². The summed E-state index contributed by atoms with van der Waals surface area (Å²) in [7, 11) is 3.23. The molecule has 100 valence electrons. The predicted octanol–water partition coefficient (Wildman–Crippen LogP) is 2.95. The quantitative estimate of drug-likeness (QED) is 0.922. The van der Waals surface area contributed by atoms with E-state index in [1.54, 1.807) is 19.2 Å². The van der Waals surface area contributed by atoms with Gasteiger partial charge in [-0.3, -0.25) is 0 Å². The molecule has 2 rings (SSSR count). The lowest BCUT2D eigenvalue weighted by atomic mass is 10.1. The summed E-state index contributed by atoms with van der Waals surface area (Å²) in [6, 6.07) is 4.69. The third-order valence-corrected chi connectivity index (χ3v) is 3.04. The first-order chi connectivity index (χ1) is 9.06. The zero-order valence-corrected chi connectivity index (χ0v) is 11.4. The van der Waals surface area contributed by atoms with Gasteiger partial charge in [0, 0.05) is 23.9 Å². The van der Waals surface area contributed by atoms with Crippen molar-refractivity contribution >= 4 is 5.82 Å². The van der Waals surface area contributed by atoms with E-state index < -0.39 is 5.82 Å². The fourth-order valence-corrected chi connectivity index (χ4v) is 1.81. The average Bonchev–Trinajstić information content (AvgIpc) is 2.41. The van der Waals surface area contributed by atoms with Gasteiger partial charge in [-0.1, -0.05) is 0 Å². The molecule has 0 bridgehead atoms. The zero-order valence-electron chi connectivity index (χ0n) is 11.4. The Balaban J connectivity index is 2.53. The number of nitrogens with one attached hydrogen (secondary N) is 1. The van der Waals surface area contributed by atoms with Gasteiger partial charge in [0.15, 0.2) is 17.4 Å². The topological polar surface area (TPSA) is 47.0 Å². The number of methoxy groups -OCH3 is 1. The number of anilines is 1. The number of aryl methyl sites for hydroxylation is 1. The number of hydrogen-bond acceptors (Lipinski definition) is 4. The molecule has 5 heteroatoms. The maximum absolute atomic E-state index is 13.7. The molecule has 19 heavy (non-hydrogen) atoms. The zero-order chi connectivity index (χ0) is 14.0. The molecule has 0 spiro atoms. The average molecular weight is 261 g/mol. The summed E-state index contributed by atoms with van der Waals surface area (Å²) in [6.07, 6.45) is 0. The fraction of sp³-hybridized carbons (Fsp3) is 0.286. The van der Waals surface area contributed by atoms with Crippen LogP contribution < -0.4 is 10.1 Å². The number of rotatable bonds is 3. The van der Waals surface area contributed by atoms with Gasteiger partial charge in [0.1, 0.15) is 5.82 Å². The summed E-state index contributed by atoms with van der Waals surface area (Å²) in [5.41, 5.74) is 2.48. The Hall–Kier alpha value is -2.17. The van der Waals surface area contributed by atoms with Crippen LogP contribution in [0.3, 0.4) is 0 Å². The van der Waals surface area contributed by atoms with Crippen LogP contribution in [0.4, 0.5) is 10.2 Å². The Labute approximate surface area is 111 Å². The molecule has 0 aliphatic carbocycles. The maximum Gasteiger partial charge on any atom is 0.165 e. The monoisotopic (exact) mass is 261 g/mol. The summed E-state index contributed by atoms with van der Waals surface area (Å²) in [6.45, 7) is 3.85. The van der Waals surface area contributed by atoms with Crippen molar-refractivity contribution in [2.24, 2.45) is 0 Å². The molecule has 1 aromatic carbocycles. The highest BCUT2D eigenvalue weighted by atomic mass is 19.1. The smallest absolute Gasteiger partial charge is 0.165 e. The molecule has 0 atom stereocenters. The lowest BCUT2D eigenvalue weighted by molar-refractivity contribution is 0.386. The van der Waals surface area contributed by atoms with Crippen molar-refractivity contribution < 1.29 is 9.13 Å². The van der Waals surface area contributed by atoms with Crippen molar-refractivity contribution in [2.75, 3.05) is 19.5 Å². The fourth-order valence-electron chi connectivity index (χ4n) is 1.81. The van der Waals surface area contributed by atoms with E-state index in [9.17, 15) is 4.39 Å². The summed E-state index contributed by atoms with van der Waals surface area (Å²) in [5, 5.41) is 3.01. The summed E-state index contributed by atoms with van der Waals surface area (Å²) in [5.74, 6) is 1.03. The van der Waals surface area contributed by atoms with Crippen molar-refractivity contribution in [1.82, 2.24) is 9.97 Å². The largest absolute Gasteiger partial charge is 0.494 e. The highest BCUT2D eigenvalue weighted by molar-refractivity contribution is 5.60. The number of ether oxygens (including phenoxy) is 1. The van der Waals surface area contributed by atoms with Gasteiger partial charge in [-0.25, -0.2) is 14.4 Å². The van der Waals surface area contributed by atoms with Gasteiger partial charge in [0.2, 0.25) is 0 Å². The lowest BCUT2D eigenvalue weighted by Gasteiger charge is -2.10. The third kappa shape index (κ3) is 2.50. The molecule has 0 unspecified atom stereocenters. The molecule has 0 saturated heterocycles. The standard InChI is InChI=1S/C14H16FN3O/c1-8-9(2)17-14(18-13(8)16-3)10-5-6-12(19-4)11(15)7-10/h5-7H,1-4H3,(H,16,17,18). The van der Waals surface area contributed by atoms with Crippen molar-refractivity contribution in [3.05, 3.63) is 35.3 Å². The summed E-state index contributed by atoms with van der Waals surface area (Å²) in [4.78, 5) is 8.78. The van der Waals surface area contributed by atoms with Gasteiger partial charge >= 0.3 is 0 Å². The normalized spacial score (nSPS) is 10.4. The molecule has 0 radical (unpaired) electrons. The van der Waals surface area contributed by atoms with Crippen LogP contribution in [0.15, 0.2) is 18.2 Å². The van der Waals surface area contributed by atoms with Crippen LogP contribution in [0.25, 0.3) is 11.4 Å². The van der Waals surface area contributed by atoms with Crippen LogP contribution in [0.1, 0.15) is 11.3 Å². The van der Waals surface area contributed by atoms with E-state index in [1.165, 1.54) is 13.2 Å². The molecule has 4 nitrogen and oxygen atoms in total. The minimum Gasteiger partial charge on any atom is -0.494 e. The molecular weight excluding hydrogens is 245 g/mol. The maximum atomic E-state index is 13.7. The van der Waals surface area contributed by atoms with Crippen LogP contribution in [0.2, 0.25) is 0 Å². The lowest BCUT2D eigenvalue weighted by Crippen LogP contribution is -2.03. The number of aromatic nitrogens is 2. The van der Waals surface area contributed by atoms with Gasteiger partial charge in [-0.15, -0.1) is 0 Å². The van der Waals surface area contributed by atoms with Gasteiger partial charge in [-0.05, 0) is 32.0 Å². The van der Waals surface area contributed by atoms with E-state index in [0.717, 1.165) is 17.1 Å². The molecule has 0 amide bonds. The van der Waals surface area contributed by atoms with E-state index in [2.05, 4.69) is 15.3 Å². The first kappa shape index (κ1) is 13.3.